The van der Waals surface area contributed by atoms with Gasteiger partial charge in [0, 0.05) is 32.7 Å². The molecule has 116 valence electrons. The largest absolute Gasteiger partial charge is 0.352 e. The average molecular weight is 317 g/mol. The summed E-state index contributed by atoms with van der Waals surface area (Å²) in [6.07, 6.45) is 0.393. The summed E-state index contributed by atoms with van der Waals surface area (Å²) < 4.78 is 24.3. The molecule has 1 unspecified atom stereocenters. The minimum atomic E-state index is -0.788. The van der Waals surface area contributed by atoms with Gasteiger partial charge < -0.3 is 20.1 Å². The number of hydrogen-bond acceptors (Lipinski definition) is 4. The van der Waals surface area contributed by atoms with Crippen molar-refractivity contribution in [2.45, 2.75) is 24.8 Å². The first-order valence-electron chi connectivity index (χ1n) is 6.55. The molecule has 0 radical (unpaired) electrons. The molecule has 1 fully saturated rings. The SMILES string of the molecule is COC1(OC)CNC(C(=O)NCc2cccc(Cl)c2F)C1. The highest BCUT2D eigenvalue weighted by atomic mass is 35.5. The predicted octanol–water partition coefficient (Wildman–Crippen LogP) is 1.45. The first kappa shape index (κ1) is 16.2. The van der Waals surface area contributed by atoms with Crippen molar-refractivity contribution in [3.05, 3.63) is 34.6 Å². The Bertz CT molecular complexity index is 523. The Morgan fingerprint density at radius 3 is 2.86 bits per heavy atom. The van der Waals surface area contributed by atoms with Gasteiger partial charge in [0.05, 0.1) is 17.6 Å². The maximum atomic E-state index is 13.7. The number of methoxy groups -OCH3 is 2. The molecule has 1 heterocycles. The van der Waals surface area contributed by atoms with E-state index in [1.165, 1.54) is 20.3 Å². The van der Waals surface area contributed by atoms with Gasteiger partial charge in [-0.15, -0.1) is 0 Å². The maximum absolute atomic E-state index is 13.7. The van der Waals surface area contributed by atoms with Crippen molar-refractivity contribution >= 4 is 17.5 Å². The molecule has 1 amide bonds. The highest BCUT2D eigenvalue weighted by Crippen LogP contribution is 2.24. The number of ether oxygens (including phenoxy) is 2. The van der Waals surface area contributed by atoms with Crippen LogP contribution < -0.4 is 10.6 Å². The number of amides is 1. The van der Waals surface area contributed by atoms with Gasteiger partial charge >= 0.3 is 0 Å². The van der Waals surface area contributed by atoms with Crippen LogP contribution in [0.15, 0.2) is 18.2 Å². The van der Waals surface area contributed by atoms with Crippen LogP contribution in [0.25, 0.3) is 0 Å². The topological polar surface area (TPSA) is 59.6 Å². The molecule has 2 N–H and O–H groups in total. The molecule has 0 saturated carbocycles. The zero-order valence-electron chi connectivity index (χ0n) is 11.9. The molecule has 0 aromatic heterocycles. The molecular weight excluding hydrogens is 299 g/mol. The Morgan fingerprint density at radius 2 is 2.24 bits per heavy atom. The van der Waals surface area contributed by atoms with Gasteiger partial charge in [-0.05, 0) is 6.07 Å². The van der Waals surface area contributed by atoms with Crippen LogP contribution >= 0.6 is 11.6 Å². The molecule has 7 heteroatoms. The third-order valence-corrected chi connectivity index (χ3v) is 3.97. The normalized spacial score (nSPS) is 20.5. The Labute approximate surface area is 127 Å². The fourth-order valence-electron chi connectivity index (χ4n) is 2.30. The third-order valence-electron chi connectivity index (χ3n) is 3.68. The van der Waals surface area contributed by atoms with E-state index in [1.807, 2.05) is 0 Å². The van der Waals surface area contributed by atoms with Crippen LogP contribution in [-0.4, -0.2) is 38.5 Å². The number of rotatable bonds is 5. The number of hydrogen-bond donors (Lipinski definition) is 2. The van der Waals surface area contributed by atoms with Crippen LogP contribution in [0.5, 0.6) is 0 Å². The average Bonchev–Trinajstić information content (AvgIpc) is 2.94. The van der Waals surface area contributed by atoms with E-state index in [-0.39, 0.29) is 17.5 Å². The number of carbonyl (C=O) groups excluding carboxylic acids is 1. The summed E-state index contributed by atoms with van der Waals surface area (Å²) in [5.74, 6) is -1.53. The second-order valence-corrected chi connectivity index (χ2v) is 5.29. The Balaban J connectivity index is 1.93. The van der Waals surface area contributed by atoms with E-state index in [2.05, 4.69) is 10.6 Å². The standard InChI is InChI=1S/C14H18ClFN2O3/c1-20-14(21-2)6-11(18-8-14)13(19)17-7-9-4-3-5-10(15)12(9)16/h3-5,11,18H,6-8H2,1-2H3,(H,17,19). The molecule has 2 rings (SSSR count). The van der Waals surface area contributed by atoms with E-state index in [9.17, 15) is 9.18 Å². The first-order chi connectivity index (χ1) is 10.0. The molecule has 1 aromatic rings. The second-order valence-electron chi connectivity index (χ2n) is 4.89. The predicted molar refractivity (Wildman–Crippen MR) is 76.4 cm³/mol. The van der Waals surface area contributed by atoms with E-state index in [4.69, 9.17) is 21.1 Å². The molecule has 5 nitrogen and oxygen atoms in total. The molecule has 1 saturated heterocycles. The monoisotopic (exact) mass is 316 g/mol. The lowest BCUT2D eigenvalue weighted by Gasteiger charge is -2.24. The molecule has 0 bridgehead atoms. The van der Waals surface area contributed by atoms with Gasteiger partial charge in [0.1, 0.15) is 5.82 Å². The minimum Gasteiger partial charge on any atom is -0.352 e. The molecule has 0 aliphatic carbocycles. The fraction of sp³-hybridized carbons (Fsp3) is 0.500. The van der Waals surface area contributed by atoms with E-state index >= 15 is 0 Å². The van der Waals surface area contributed by atoms with Gasteiger partial charge in [0.25, 0.3) is 0 Å². The third kappa shape index (κ3) is 3.52. The fourth-order valence-corrected chi connectivity index (χ4v) is 2.50. The summed E-state index contributed by atoms with van der Waals surface area (Å²) in [4.78, 5) is 12.1. The van der Waals surface area contributed by atoms with Crippen LogP contribution in [0.3, 0.4) is 0 Å². The number of halogens is 2. The smallest absolute Gasteiger partial charge is 0.237 e. The molecule has 0 spiro atoms. The van der Waals surface area contributed by atoms with Crippen LogP contribution in [0.1, 0.15) is 12.0 Å². The van der Waals surface area contributed by atoms with Crippen molar-refractivity contribution in [1.29, 1.82) is 0 Å². The number of carbonyl (C=O) groups is 1. The van der Waals surface area contributed by atoms with Gasteiger partial charge in [-0.1, -0.05) is 23.7 Å². The zero-order valence-corrected chi connectivity index (χ0v) is 12.7. The van der Waals surface area contributed by atoms with Crippen molar-refractivity contribution in [2.24, 2.45) is 0 Å². The van der Waals surface area contributed by atoms with Crippen LogP contribution in [0.4, 0.5) is 4.39 Å². The van der Waals surface area contributed by atoms with E-state index in [0.717, 1.165) is 0 Å². The highest BCUT2D eigenvalue weighted by Gasteiger charge is 2.42. The van der Waals surface area contributed by atoms with Crippen molar-refractivity contribution in [3.8, 4) is 0 Å². The van der Waals surface area contributed by atoms with Crippen LogP contribution in [0, 0.1) is 5.82 Å². The van der Waals surface area contributed by atoms with Crippen molar-refractivity contribution in [3.63, 3.8) is 0 Å². The van der Waals surface area contributed by atoms with Crippen LogP contribution in [0.2, 0.25) is 5.02 Å². The Hall–Kier alpha value is -1.21. The molecular formula is C14H18ClFN2O3. The summed E-state index contributed by atoms with van der Waals surface area (Å²) in [7, 11) is 3.07. The molecule has 1 aromatic carbocycles. The molecule has 21 heavy (non-hydrogen) atoms. The summed E-state index contributed by atoms with van der Waals surface area (Å²) in [6.45, 7) is 0.500. The molecule has 1 aliphatic heterocycles. The number of nitrogens with one attached hydrogen (secondary N) is 2. The lowest BCUT2D eigenvalue weighted by Crippen LogP contribution is -2.40. The lowest BCUT2D eigenvalue weighted by molar-refractivity contribution is -0.192. The molecule has 1 aliphatic rings. The van der Waals surface area contributed by atoms with Gasteiger partial charge in [-0.3, -0.25) is 4.79 Å². The summed E-state index contributed by atoms with van der Waals surface area (Å²) in [5, 5.41) is 5.75. The van der Waals surface area contributed by atoms with Crippen molar-refractivity contribution in [1.82, 2.24) is 10.6 Å². The first-order valence-corrected chi connectivity index (χ1v) is 6.93. The van der Waals surface area contributed by atoms with Crippen molar-refractivity contribution < 1.29 is 18.7 Å². The quantitative estimate of drug-likeness (QED) is 0.807. The van der Waals surface area contributed by atoms with E-state index in [1.54, 1.807) is 12.1 Å². The number of benzene rings is 1. The summed E-state index contributed by atoms with van der Waals surface area (Å²) in [6, 6.07) is 4.25. The second kappa shape index (κ2) is 6.70. The summed E-state index contributed by atoms with van der Waals surface area (Å²) in [5.41, 5.74) is 0.346. The Morgan fingerprint density at radius 1 is 1.52 bits per heavy atom. The van der Waals surface area contributed by atoms with Gasteiger partial charge in [-0.25, -0.2) is 4.39 Å². The van der Waals surface area contributed by atoms with Crippen molar-refractivity contribution in [2.75, 3.05) is 20.8 Å². The summed E-state index contributed by atoms with van der Waals surface area (Å²) >= 11 is 5.70. The van der Waals surface area contributed by atoms with Crippen LogP contribution in [-0.2, 0) is 20.8 Å². The maximum Gasteiger partial charge on any atom is 0.237 e. The van der Waals surface area contributed by atoms with Gasteiger partial charge in [0.15, 0.2) is 5.79 Å². The minimum absolute atomic E-state index is 0.0403. The highest BCUT2D eigenvalue weighted by molar-refractivity contribution is 6.30. The lowest BCUT2D eigenvalue weighted by atomic mass is 10.1. The van der Waals surface area contributed by atoms with Gasteiger partial charge in [0.2, 0.25) is 5.91 Å². The van der Waals surface area contributed by atoms with E-state index in [0.29, 0.717) is 18.5 Å². The zero-order chi connectivity index (χ0) is 15.5. The molecule has 1 atom stereocenters. The van der Waals surface area contributed by atoms with E-state index < -0.39 is 17.6 Å². The Kier molecular flexibility index (Phi) is 5.16. The van der Waals surface area contributed by atoms with Gasteiger partial charge in [-0.2, -0.15) is 0 Å².